The first kappa shape index (κ1) is 9.32. The molecule has 0 fully saturated rings. The van der Waals surface area contributed by atoms with Crippen LogP contribution in [0.25, 0.3) is 0 Å². The van der Waals surface area contributed by atoms with Crippen molar-refractivity contribution in [2.45, 2.75) is 0 Å². The quantitative estimate of drug-likeness (QED) is 0.612. The molecule has 60 valence electrons. The van der Waals surface area contributed by atoms with Crippen molar-refractivity contribution in [1.29, 1.82) is 0 Å². The van der Waals surface area contributed by atoms with Crippen LogP contribution in [0.2, 0.25) is 0 Å². The first-order valence-electron chi connectivity index (χ1n) is 3.27. The molecule has 1 aromatic carbocycles. The molecule has 0 radical (unpaired) electrons. The molecule has 0 bridgehead atoms. The number of benzene rings is 1. The Morgan fingerprint density at radius 2 is 1.91 bits per heavy atom. The van der Waals surface area contributed by atoms with E-state index in [1.807, 2.05) is 24.3 Å². The number of rotatable bonds is 3. The van der Waals surface area contributed by atoms with Crippen LogP contribution < -0.4 is 4.74 Å². The molecule has 0 atom stereocenters. The summed E-state index contributed by atoms with van der Waals surface area (Å²) in [5.41, 5.74) is 0. The average molecular weight is 327 g/mol. The van der Waals surface area contributed by atoms with E-state index >= 15 is 0 Å². The average Bonchev–Trinajstić information content (AvgIpc) is 2.04. The first-order chi connectivity index (χ1) is 5.33. The summed E-state index contributed by atoms with van der Waals surface area (Å²) < 4.78 is 7.49. The van der Waals surface area contributed by atoms with E-state index in [-0.39, 0.29) is 0 Å². The summed E-state index contributed by atoms with van der Waals surface area (Å²) in [7, 11) is 0. The molecular weight excluding hydrogens is 319 g/mol. The number of hydrogen-bond acceptors (Lipinski definition) is 1. The minimum Gasteiger partial charge on any atom is -0.493 e. The van der Waals surface area contributed by atoms with Crippen molar-refractivity contribution >= 4 is 38.5 Å². The van der Waals surface area contributed by atoms with Crippen molar-refractivity contribution in [1.82, 2.24) is 0 Å². The third-order valence-corrected chi connectivity index (χ3v) is 2.13. The second kappa shape index (κ2) is 4.98. The van der Waals surface area contributed by atoms with Crippen LogP contribution in [0.5, 0.6) is 5.75 Å². The van der Waals surface area contributed by atoms with Crippen molar-refractivity contribution in [3.63, 3.8) is 0 Å². The van der Waals surface area contributed by atoms with Gasteiger partial charge in [-0.3, -0.25) is 0 Å². The summed E-state index contributed by atoms with van der Waals surface area (Å²) in [6, 6.07) is 7.86. The van der Waals surface area contributed by atoms with Crippen LogP contribution in [-0.2, 0) is 0 Å². The molecule has 11 heavy (non-hydrogen) atoms. The Balaban J connectivity index is 2.52. The van der Waals surface area contributed by atoms with E-state index < -0.39 is 0 Å². The highest BCUT2D eigenvalue weighted by Crippen LogP contribution is 2.15. The number of hydrogen-bond donors (Lipinski definition) is 0. The van der Waals surface area contributed by atoms with Crippen LogP contribution >= 0.6 is 38.5 Å². The van der Waals surface area contributed by atoms with E-state index in [1.165, 1.54) is 0 Å². The highest BCUT2D eigenvalue weighted by atomic mass is 127. The van der Waals surface area contributed by atoms with Crippen LogP contribution in [-0.4, -0.2) is 11.0 Å². The Labute approximate surface area is 88.4 Å². The van der Waals surface area contributed by atoms with E-state index in [1.54, 1.807) is 0 Å². The largest absolute Gasteiger partial charge is 0.493 e. The van der Waals surface area contributed by atoms with Gasteiger partial charge in [0.25, 0.3) is 0 Å². The number of halogens is 2. The lowest BCUT2D eigenvalue weighted by molar-refractivity contribution is 0.346. The van der Waals surface area contributed by atoms with Gasteiger partial charge >= 0.3 is 0 Å². The van der Waals surface area contributed by atoms with Gasteiger partial charge in [0.2, 0.25) is 0 Å². The van der Waals surface area contributed by atoms with Crippen LogP contribution in [0.3, 0.4) is 0 Å². The van der Waals surface area contributed by atoms with Crippen molar-refractivity contribution in [3.05, 3.63) is 28.7 Å². The molecule has 0 aliphatic rings. The highest BCUT2D eigenvalue weighted by molar-refractivity contribution is 14.1. The van der Waals surface area contributed by atoms with E-state index in [9.17, 15) is 0 Å². The predicted octanol–water partition coefficient (Wildman–Crippen LogP) is 3.26. The third-order valence-electron chi connectivity index (χ3n) is 1.16. The lowest BCUT2D eigenvalue weighted by Gasteiger charge is -2.02. The molecule has 0 heterocycles. The van der Waals surface area contributed by atoms with Crippen molar-refractivity contribution in [2.24, 2.45) is 0 Å². The maximum atomic E-state index is 5.38. The second-order valence-corrected chi connectivity index (χ2v) is 3.99. The summed E-state index contributed by atoms with van der Waals surface area (Å²) in [5, 5.41) is 0. The van der Waals surface area contributed by atoms with Gasteiger partial charge in [0.15, 0.2) is 0 Å². The summed E-state index contributed by atoms with van der Waals surface area (Å²) in [5.74, 6) is 0.935. The molecule has 0 saturated carbocycles. The molecule has 1 rings (SSSR count). The van der Waals surface area contributed by atoms with Gasteiger partial charge in [0.1, 0.15) is 5.75 Å². The fourth-order valence-electron chi connectivity index (χ4n) is 0.687. The Kier molecular flexibility index (Phi) is 4.22. The van der Waals surface area contributed by atoms with Gasteiger partial charge in [-0.15, -0.1) is 0 Å². The lowest BCUT2D eigenvalue weighted by atomic mass is 10.3. The van der Waals surface area contributed by atoms with Gasteiger partial charge in [-0.2, -0.15) is 0 Å². The van der Waals surface area contributed by atoms with Crippen molar-refractivity contribution in [3.8, 4) is 5.75 Å². The van der Waals surface area contributed by atoms with Gasteiger partial charge < -0.3 is 4.74 Å². The Bertz CT molecular complexity index is 210. The van der Waals surface area contributed by atoms with E-state index in [2.05, 4.69) is 38.5 Å². The normalized spacial score (nSPS) is 9.64. The summed E-state index contributed by atoms with van der Waals surface area (Å²) >= 11 is 5.64. The van der Waals surface area contributed by atoms with Gasteiger partial charge in [-0.25, -0.2) is 0 Å². The minimum atomic E-state index is 0.780. The smallest absolute Gasteiger partial charge is 0.119 e. The molecule has 3 heteroatoms. The summed E-state index contributed by atoms with van der Waals surface area (Å²) in [4.78, 5) is 0. The molecule has 0 amide bonds. The Hall–Kier alpha value is 0.230. The summed E-state index contributed by atoms with van der Waals surface area (Å²) in [6.45, 7) is 0.780. The van der Waals surface area contributed by atoms with Gasteiger partial charge in [0.05, 0.1) is 6.61 Å². The van der Waals surface area contributed by atoms with Crippen LogP contribution in [0, 0.1) is 0 Å². The van der Waals surface area contributed by atoms with E-state index in [0.717, 1.165) is 21.3 Å². The van der Waals surface area contributed by atoms with Gasteiger partial charge in [-0.05, 0) is 24.3 Å². The van der Waals surface area contributed by atoms with Crippen LogP contribution in [0.4, 0.5) is 0 Å². The molecular formula is C8H8BrIO. The monoisotopic (exact) mass is 326 g/mol. The molecule has 0 spiro atoms. The van der Waals surface area contributed by atoms with E-state index in [4.69, 9.17) is 4.74 Å². The molecule has 0 aromatic heterocycles. The molecule has 0 saturated heterocycles. The van der Waals surface area contributed by atoms with Crippen LogP contribution in [0.15, 0.2) is 28.7 Å². The minimum absolute atomic E-state index is 0.780. The molecule has 1 aromatic rings. The number of alkyl halides is 1. The van der Waals surface area contributed by atoms with Crippen molar-refractivity contribution < 1.29 is 4.74 Å². The first-order valence-corrected chi connectivity index (χ1v) is 5.59. The van der Waals surface area contributed by atoms with Crippen molar-refractivity contribution in [2.75, 3.05) is 11.0 Å². The summed E-state index contributed by atoms with van der Waals surface area (Å²) in [6.07, 6.45) is 0. The standard InChI is InChI=1S/C8H8BrIO/c9-7-1-3-8(4-2-7)11-6-5-10/h1-4H,5-6H2. The highest BCUT2D eigenvalue weighted by Gasteiger charge is 1.90. The SMILES string of the molecule is Brc1ccc(OCCI)cc1. The topological polar surface area (TPSA) is 9.23 Å². The zero-order chi connectivity index (χ0) is 8.10. The Morgan fingerprint density at radius 3 is 2.45 bits per heavy atom. The predicted molar refractivity (Wildman–Crippen MR) is 58.5 cm³/mol. The zero-order valence-electron chi connectivity index (χ0n) is 5.89. The fourth-order valence-corrected chi connectivity index (χ4v) is 1.17. The molecule has 0 aliphatic heterocycles. The maximum absolute atomic E-state index is 5.38. The molecule has 0 N–H and O–H groups in total. The maximum Gasteiger partial charge on any atom is 0.119 e. The van der Waals surface area contributed by atoms with Gasteiger partial charge in [0, 0.05) is 8.90 Å². The fraction of sp³-hybridized carbons (Fsp3) is 0.250. The van der Waals surface area contributed by atoms with Crippen LogP contribution in [0.1, 0.15) is 0 Å². The molecule has 1 nitrogen and oxygen atoms in total. The lowest BCUT2D eigenvalue weighted by Crippen LogP contribution is -1.96. The Morgan fingerprint density at radius 1 is 1.27 bits per heavy atom. The molecule has 0 aliphatic carbocycles. The number of ether oxygens (including phenoxy) is 1. The molecule has 0 unspecified atom stereocenters. The van der Waals surface area contributed by atoms with Gasteiger partial charge in [-0.1, -0.05) is 38.5 Å². The van der Waals surface area contributed by atoms with E-state index in [0.29, 0.717) is 0 Å². The zero-order valence-corrected chi connectivity index (χ0v) is 9.63. The third kappa shape index (κ3) is 3.42. The second-order valence-electron chi connectivity index (χ2n) is 1.99.